The molecule has 1 heterocycles. The third-order valence-corrected chi connectivity index (χ3v) is 7.96. The molecule has 0 fully saturated rings. The summed E-state index contributed by atoms with van der Waals surface area (Å²) >= 11 is 0. The molecule has 0 saturated carbocycles. The minimum atomic E-state index is -0.818. The molecule has 0 saturated heterocycles. The van der Waals surface area contributed by atoms with Gasteiger partial charge in [-0.05, 0) is 85.2 Å². The van der Waals surface area contributed by atoms with Gasteiger partial charge in [-0.25, -0.2) is 4.68 Å². The van der Waals surface area contributed by atoms with Crippen LogP contribution < -0.4 is 4.74 Å². The topological polar surface area (TPSA) is 75.5 Å². The summed E-state index contributed by atoms with van der Waals surface area (Å²) in [7, 11) is 5.00. The van der Waals surface area contributed by atoms with Crippen molar-refractivity contribution < 1.29 is 19.0 Å². The second-order valence-electron chi connectivity index (χ2n) is 10.7. The number of hydrogen-bond acceptors (Lipinski definition) is 6. The number of nitrogens with zero attached hydrogens (tertiary/aromatic N) is 3. The zero-order valence-corrected chi connectivity index (χ0v) is 22.9. The Kier molecular flexibility index (Phi) is 6.97. The molecule has 0 bridgehead atoms. The second kappa shape index (κ2) is 10.2. The average molecular weight is 514 g/mol. The van der Waals surface area contributed by atoms with Crippen LogP contribution in [0.15, 0.2) is 54.6 Å². The van der Waals surface area contributed by atoms with E-state index in [-0.39, 0.29) is 18.0 Å². The maximum Gasteiger partial charge on any atom is 0.312 e. The Balaban J connectivity index is 1.52. The molecule has 0 spiro atoms. The number of rotatable bonds is 8. The molecule has 1 aromatic heterocycles. The lowest BCUT2D eigenvalue weighted by Gasteiger charge is -2.34. The van der Waals surface area contributed by atoms with Crippen molar-refractivity contribution >= 4 is 17.0 Å². The molecule has 0 aliphatic heterocycles. The van der Waals surface area contributed by atoms with E-state index >= 15 is 0 Å². The number of aromatic nitrogens is 3. The molecule has 38 heavy (non-hydrogen) atoms. The molecular formula is C31H35N3O4. The third-order valence-electron chi connectivity index (χ3n) is 7.96. The molecule has 4 aromatic rings. The van der Waals surface area contributed by atoms with E-state index in [0.29, 0.717) is 6.61 Å². The van der Waals surface area contributed by atoms with Crippen LogP contribution in [0.25, 0.3) is 11.0 Å². The highest BCUT2D eigenvalue weighted by Crippen LogP contribution is 2.46. The summed E-state index contributed by atoms with van der Waals surface area (Å²) in [5, 5.41) is 8.61. The Morgan fingerprint density at radius 1 is 1.11 bits per heavy atom. The van der Waals surface area contributed by atoms with Crippen LogP contribution in [0.3, 0.4) is 0 Å². The minimum Gasteiger partial charge on any atom is -0.497 e. The number of methoxy groups -OCH3 is 2. The highest BCUT2D eigenvalue weighted by Gasteiger charge is 2.41. The Labute approximate surface area is 223 Å². The first-order chi connectivity index (χ1) is 18.2. The molecule has 3 aromatic carbocycles. The number of esters is 1. The van der Waals surface area contributed by atoms with E-state index < -0.39 is 5.41 Å². The van der Waals surface area contributed by atoms with Gasteiger partial charge in [0.25, 0.3) is 0 Å². The predicted molar refractivity (Wildman–Crippen MR) is 146 cm³/mol. The van der Waals surface area contributed by atoms with E-state index in [1.165, 1.54) is 18.2 Å². The van der Waals surface area contributed by atoms with Crippen molar-refractivity contribution in [1.82, 2.24) is 15.0 Å². The van der Waals surface area contributed by atoms with Crippen molar-refractivity contribution in [1.29, 1.82) is 0 Å². The highest BCUT2D eigenvalue weighted by atomic mass is 16.5. The van der Waals surface area contributed by atoms with Gasteiger partial charge < -0.3 is 14.2 Å². The Morgan fingerprint density at radius 2 is 1.87 bits per heavy atom. The van der Waals surface area contributed by atoms with Gasteiger partial charge in [0.1, 0.15) is 11.3 Å². The number of carbonyl (C=O) groups is 1. The lowest BCUT2D eigenvalue weighted by atomic mass is 9.69. The lowest BCUT2D eigenvalue weighted by Crippen LogP contribution is -2.34. The van der Waals surface area contributed by atoms with Gasteiger partial charge in [0.2, 0.25) is 0 Å². The summed E-state index contributed by atoms with van der Waals surface area (Å²) < 4.78 is 18.7. The standard InChI is InChI=1S/C31H35N3O4/c1-19-24(14-15-26-29(19)32-33-34(26)4)28(31(2,3)30(35)37-6)22-10-9-21-11-16-27(25(21)17-22)38-18-20-7-12-23(36-5)13-8-20/h7-10,12-15,17,27-28H,11,16,18H2,1-6H3. The lowest BCUT2D eigenvalue weighted by molar-refractivity contribution is -0.151. The fourth-order valence-corrected chi connectivity index (χ4v) is 5.78. The Bertz CT molecular complexity index is 1470. The van der Waals surface area contributed by atoms with Gasteiger partial charge in [0, 0.05) is 13.0 Å². The summed E-state index contributed by atoms with van der Waals surface area (Å²) in [6, 6.07) is 18.7. The zero-order valence-electron chi connectivity index (χ0n) is 22.9. The average Bonchev–Trinajstić information content (AvgIpc) is 3.51. The number of carbonyl (C=O) groups excluding carboxylic acids is 1. The first-order valence-corrected chi connectivity index (χ1v) is 13.0. The number of ether oxygens (including phenoxy) is 3. The second-order valence-corrected chi connectivity index (χ2v) is 10.7. The first-order valence-electron chi connectivity index (χ1n) is 13.0. The SMILES string of the molecule is COC(=O)C(C)(C)C(c1ccc2c(c1)C(OCc1ccc(OC)cc1)CC2)c1ccc2c(nnn2C)c1C. The van der Waals surface area contributed by atoms with Crippen molar-refractivity contribution in [3.8, 4) is 5.75 Å². The zero-order chi connectivity index (χ0) is 27.0. The smallest absolute Gasteiger partial charge is 0.312 e. The molecule has 2 atom stereocenters. The van der Waals surface area contributed by atoms with E-state index in [9.17, 15) is 4.79 Å². The van der Waals surface area contributed by atoms with Crippen LogP contribution in [0.1, 0.15) is 65.7 Å². The number of fused-ring (bicyclic) bond motifs is 2. The summed E-state index contributed by atoms with van der Waals surface area (Å²) in [4.78, 5) is 13.1. The maximum atomic E-state index is 13.1. The van der Waals surface area contributed by atoms with Crippen molar-refractivity contribution in [3.05, 3.63) is 88.0 Å². The van der Waals surface area contributed by atoms with E-state index in [1.807, 2.05) is 51.2 Å². The monoisotopic (exact) mass is 513 g/mol. The van der Waals surface area contributed by atoms with Crippen molar-refractivity contribution in [2.75, 3.05) is 14.2 Å². The Hall–Kier alpha value is -3.71. The molecule has 1 aliphatic carbocycles. The van der Waals surface area contributed by atoms with Gasteiger partial charge in [-0.1, -0.05) is 41.6 Å². The van der Waals surface area contributed by atoms with Crippen LogP contribution in [-0.4, -0.2) is 35.2 Å². The quantitative estimate of drug-likeness (QED) is 0.276. The van der Waals surface area contributed by atoms with E-state index in [1.54, 1.807) is 11.8 Å². The number of hydrogen-bond donors (Lipinski definition) is 0. The number of aryl methyl sites for hydroxylation is 3. The van der Waals surface area contributed by atoms with Gasteiger partial charge >= 0.3 is 5.97 Å². The van der Waals surface area contributed by atoms with Crippen LogP contribution in [0.5, 0.6) is 5.75 Å². The fourth-order valence-electron chi connectivity index (χ4n) is 5.78. The summed E-state index contributed by atoms with van der Waals surface area (Å²) in [6.45, 7) is 6.49. The molecule has 0 radical (unpaired) electrons. The van der Waals surface area contributed by atoms with Crippen LogP contribution in [-0.2, 0) is 34.3 Å². The minimum absolute atomic E-state index is 0.00231. The van der Waals surface area contributed by atoms with Crippen molar-refractivity contribution in [2.45, 2.75) is 52.2 Å². The van der Waals surface area contributed by atoms with Crippen LogP contribution in [0.4, 0.5) is 0 Å². The summed E-state index contributed by atoms with van der Waals surface area (Å²) in [5.41, 5.74) is 7.70. The van der Waals surface area contributed by atoms with Crippen LogP contribution >= 0.6 is 0 Å². The largest absolute Gasteiger partial charge is 0.497 e. The summed E-state index contributed by atoms with van der Waals surface area (Å²) in [5.74, 6) is 0.335. The van der Waals surface area contributed by atoms with Gasteiger partial charge in [0.15, 0.2) is 0 Å². The normalized spacial score (nSPS) is 15.9. The molecule has 1 aliphatic rings. The van der Waals surface area contributed by atoms with Crippen LogP contribution in [0.2, 0.25) is 0 Å². The molecule has 0 N–H and O–H groups in total. The van der Waals surface area contributed by atoms with Crippen molar-refractivity contribution in [3.63, 3.8) is 0 Å². The van der Waals surface area contributed by atoms with E-state index in [4.69, 9.17) is 14.2 Å². The molecule has 5 rings (SSSR count). The van der Waals surface area contributed by atoms with E-state index in [0.717, 1.165) is 51.9 Å². The molecule has 7 heteroatoms. The highest BCUT2D eigenvalue weighted by molar-refractivity contribution is 5.82. The molecule has 2 unspecified atom stereocenters. The van der Waals surface area contributed by atoms with Crippen LogP contribution in [0, 0.1) is 12.3 Å². The fraction of sp³-hybridized carbons (Fsp3) is 0.387. The Morgan fingerprint density at radius 3 is 2.58 bits per heavy atom. The maximum absolute atomic E-state index is 13.1. The molecular weight excluding hydrogens is 478 g/mol. The van der Waals surface area contributed by atoms with Gasteiger partial charge in [-0.3, -0.25) is 4.79 Å². The summed E-state index contributed by atoms with van der Waals surface area (Å²) in [6.07, 6.45) is 1.90. The first kappa shape index (κ1) is 25.9. The molecule has 198 valence electrons. The van der Waals surface area contributed by atoms with Gasteiger partial charge in [0.05, 0.1) is 37.9 Å². The van der Waals surface area contributed by atoms with Gasteiger partial charge in [-0.2, -0.15) is 0 Å². The number of benzene rings is 3. The predicted octanol–water partition coefficient (Wildman–Crippen LogP) is 5.82. The molecule has 7 nitrogen and oxygen atoms in total. The van der Waals surface area contributed by atoms with Crippen molar-refractivity contribution in [2.24, 2.45) is 12.5 Å². The molecule has 0 amide bonds. The van der Waals surface area contributed by atoms with E-state index in [2.05, 4.69) is 41.5 Å². The third kappa shape index (κ3) is 4.56. The van der Waals surface area contributed by atoms with Gasteiger partial charge in [-0.15, -0.1) is 5.10 Å².